The van der Waals surface area contributed by atoms with Gasteiger partial charge in [-0.05, 0) is 63.8 Å². The zero-order valence-corrected chi connectivity index (χ0v) is 13.8. The normalized spacial score (nSPS) is 19.6. The molecule has 0 unspecified atom stereocenters. The lowest BCUT2D eigenvalue weighted by molar-refractivity contribution is 0.0462. The molecule has 2 N–H and O–H groups in total. The van der Waals surface area contributed by atoms with E-state index in [1.807, 2.05) is 11.3 Å². The van der Waals surface area contributed by atoms with Crippen LogP contribution in [0.15, 0.2) is 17.5 Å². The van der Waals surface area contributed by atoms with Gasteiger partial charge in [-0.25, -0.2) is 0 Å². The van der Waals surface area contributed by atoms with Crippen LogP contribution in [0.2, 0.25) is 0 Å². The van der Waals surface area contributed by atoms with Crippen LogP contribution >= 0.6 is 11.3 Å². The minimum atomic E-state index is 0.224. The third kappa shape index (κ3) is 3.82. The number of rotatable bonds is 7. The fourth-order valence-electron chi connectivity index (χ4n) is 3.22. The third-order valence-electron chi connectivity index (χ3n) is 4.79. The maximum Gasteiger partial charge on any atom is 0.0353 e. The Bertz CT molecular complexity index is 369. The minimum absolute atomic E-state index is 0.224. The number of likely N-dealkylation sites (N-methyl/N-ethyl adjacent to an activating group) is 1. The van der Waals surface area contributed by atoms with Crippen molar-refractivity contribution in [3.8, 4) is 0 Å². The van der Waals surface area contributed by atoms with Crippen molar-refractivity contribution in [3.05, 3.63) is 22.4 Å². The predicted octanol–water partition coefficient (Wildman–Crippen LogP) is 2.43. The van der Waals surface area contributed by atoms with Gasteiger partial charge in [0, 0.05) is 23.5 Å². The molecule has 0 aromatic carbocycles. The number of nitrogens with zero attached hydrogens (tertiary/aromatic N) is 2. The molecular formula is C16H29N3S. The van der Waals surface area contributed by atoms with Crippen LogP contribution < -0.4 is 5.73 Å². The molecule has 3 nitrogen and oxygen atoms in total. The lowest BCUT2D eigenvalue weighted by Crippen LogP contribution is -2.58. The van der Waals surface area contributed by atoms with Crippen molar-refractivity contribution >= 4 is 11.3 Å². The van der Waals surface area contributed by atoms with Crippen LogP contribution in [0.4, 0.5) is 0 Å². The molecule has 1 saturated heterocycles. The molecule has 0 saturated carbocycles. The van der Waals surface area contributed by atoms with Crippen molar-refractivity contribution < 1.29 is 0 Å². The highest BCUT2D eigenvalue weighted by atomic mass is 32.1. The van der Waals surface area contributed by atoms with Crippen LogP contribution in [0, 0.1) is 0 Å². The largest absolute Gasteiger partial charge is 0.329 e. The van der Waals surface area contributed by atoms with Gasteiger partial charge < -0.3 is 10.6 Å². The number of likely N-dealkylation sites (tertiary alicyclic amines) is 1. The zero-order valence-electron chi connectivity index (χ0n) is 13.0. The molecule has 0 amide bonds. The van der Waals surface area contributed by atoms with E-state index < -0.39 is 0 Å². The van der Waals surface area contributed by atoms with E-state index in [-0.39, 0.29) is 5.54 Å². The molecule has 1 aliphatic rings. The summed E-state index contributed by atoms with van der Waals surface area (Å²) in [6, 6.07) is 4.37. The molecule has 0 aliphatic carbocycles. The smallest absolute Gasteiger partial charge is 0.0353 e. The summed E-state index contributed by atoms with van der Waals surface area (Å²) in [4.78, 5) is 6.59. The van der Waals surface area contributed by atoms with E-state index in [9.17, 15) is 0 Å². The second kappa shape index (κ2) is 7.55. The van der Waals surface area contributed by atoms with Gasteiger partial charge in [0.05, 0.1) is 0 Å². The minimum Gasteiger partial charge on any atom is -0.329 e. The number of nitrogens with two attached hydrogens (primary N) is 1. The first-order chi connectivity index (χ1) is 9.70. The highest BCUT2D eigenvalue weighted by Gasteiger charge is 2.36. The molecule has 0 atom stereocenters. The maximum absolute atomic E-state index is 6.15. The van der Waals surface area contributed by atoms with Crippen LogP contribution in [0.25, 0.3) is 0 Å². The first-order valence-corrected chi connectivity index (χ1v) is 8.74. The van der Waals surface area contributed by atoms with Crippen LogP contribution in [-0.4, -0.2) is 55.1 Å². The monoisotopic (exact) mass is 295 g/mol. The Morgan fingerprint density at radius 2 is 2.15 bits per heavy atom. The summed E-state index contributed by atoms with van der Waals surface area (Å²) in [5.41, 5.74) is 6.37. The molecule has 20 heavy (non-hydrogen) atoms. The van der Waals surface area contributed by atoms with E-state index in [0.29, 0.717) is 0 Å². The Morgan fingerprint density at radius 3 is 2.70 bits per heavy atom. The fourth-order valence-corrected chi connectivity index (χ4v) is 3.92. The Balaban J connectivity index is 1.87. The summed E-state index contributed by atoms with van der Waals surface area (Å²) in [5, 5.41) is 2.16. The molecule has 114 valence electrons. The summed E-state index contributed by atoms with van der Waals surface area (Å²) < 4.78 is 0. The summed E-state index contributed by atoms with van der Waals surface area (Å²) in [7, 11) is 2.26. The quantitative estimate of drug-likeness (QED) is 0.838. The first kappa shape index (κ1) is 16.0. The maximum atomic E-state index is 6.15. The summed E-state index contributed by atoms with van der Waals surface area (Å²) in [5.74, 6) is 0. The molecule has 1 aliphatic heterocycles. The SMILES string of the molecule is CCCN1CCC(CN)(N(C)CCc2cccs2)CC1. The molecule has 2 heterocycles. The van der Waals surface area contributed by atoms with Gasteiger partial charge in [-0.2, -0.15) is 0 Å². The van der Waals surface area contributed by atoms with Gasteiger partial charge in [0.25, 0.3) is 0 Å². The van der Waals surface area contributed by atoms with Crippen molar-refractivity contribution in [1.29, 1.82) is 0 Å². The van der Waals surface area contributed by atoms with Crippen LogP contribution in [0.1, 0.15) is 31.1 Å². The Hall–Kier alpha value is -0.420. The predicted molar refractivity (Wildman–Crippen MR) is 88.4 cm³/mol. The highest BCUT2D eigenvalue weighted by Crippen LogP contribution is 2.27. The highest BCUT2D eigenvalue weighted by molar-refractivity contribution is 7.09. The molecule has 2 rings (SSSR count). The Labute approximate surface area is 127 Å². The van der Waals surface area contributed by atoms with Crippen molar-refractivity contribution in [2.45, 2.75) is 38.1 Å². The molecule has 1 aromatic heterocycles. The van der Waals surface area contributed by atoms with E-state index >= 15 is 0 Å². The zero-order chi connectivity index (χ0) is 14.4. The van der Waals surface area contributed by atoms with E-state index in [4.69, 9.17) is 5.73 Å². The average Bonchev–Trinajstić information content (AvgIpc) is 2.99. The number of hydrogen-bond acceptors (Lipinski definition) is 4. The van der Waals surface area contributed by atoms with Crippen LogP contribution in [0.3, 0.4) is 0 Å². The van der Waals surface area contributed by atoms with Gasteiger partial charge in [0.1, 0.15) is 0 Å². The summed E-state index contributed by atoms with van der Waals surface area (Å²) in [6.07, 6.45) is 4.83. The van der Waals surface area contributed by atoms with Gasteiger partial charge in [-0.3, -0.25) is 4.90 Å². The molecule has 0 radical (unpaired) electrons. The van der Waals surface area contributed by atoms with Gasteiger partial charge in [-0.1, -0.05) is 13.0 Å². The number of thiophene rings is 1. The van der Waals surface area contributed by atoms with E-state index in [0.717, 1.165) is 19.5 Å². The van der Waals surface area contributed by atoms with Crippen LogP contribution in [-0.2, 0) is 6.42 Å². The Kier molecular flexibility index (Phi) is 6.02. The Morgan fingerprint density at radius 1 is 1.40 bits per heavy atom. The van der Waals surface area contributed by atoms with E-state index in [1.54, 1.807) is 0 Å². The van der Waals surface area contributed by atoms with Gasteiger partial charge in [0.2, 0.25) is 0 Å². The first-order valence-electron chi connectivity index (χ1n) is 7.86. The second-order valence-electron chi connectivity index (χ2n) is 6.02. The third-order valence-corrected chi connectivity index (χ3v) is 5.73. The lowest BCUT2D eigenvalue weighted by Gasteiger charge is -2.47. The molecule has 1 aromatic rings. The van der Waals surface area contributed by atoms with Crippen molar-refractivity contribution in [2.24, 2.45) is 5.73 Å². The van der Waals surface area contributed by atoms with Crippen molar-refractivity contribution in [1.82, 2.24) is 9.80 Å². The molecule has 1 fully saturated rings. The van der Waals surface area contributed by atoms with E-state index in [2.05, 4.69) is 41.3 Å². The summed E-state index contributed by atoms with van der Waals surface area (Å²) >= 11 is 1.86. The molecular weight excluding hydrogens is 266 g/mol. The molecule has 0 spiro atoms. The van der Waals surface area contributed by atoms with Crippen LogP contribution in [0.5, 0.6) is 0 Å². The molecule has 0 bridgehead atoms. The topological polar surface area (TPSA) is 32.5 Å². The second-order valence-corrected chi connectivity index (χ2v) is 7.05. The van der Waals surface area contributed by atoms with Crippen molar-refractivity contribution in [3.63, 3.8) is 0 Å². The van der Waals surface area contributed by atoms with Gasteiger partial charge >= 0.3 is 0 Å². The average molecular weight is 295 g/mol. The lowest BCUT2D eigenvalue weighted by atomic mass is 9.85. The number of piperidine rings is 1. The summed E-state index contributed by atoms with van der Waals surface area (Å²) in [6.45, 7) is 7.81. The van der Waals surface area contributed by atoms with Crippen molar-refractivity contribution in [2.75, 3.05) is 39.8 Å². The van der Waals surface area contributed by atoms with Gasteiger partial charge in [0.15, 0.2) is 0 Å². The molecule has 4 heteroatoms. The standard InChI is InChI=1S/C16H29N3S/c1-3-9-19-11-7-16(14-17,8-12-19)18(2)10-6-15-5-4-13-20-15/h4-5,13H,3,6-12,14,17H2,1-2H3. The van der Waals surface area contributed by atoms with Gasteiger partial charge in [-0.15, -0.1) is 11.3 Å². The number of hydrogen-bond donors (Lipinski definition) is 1. The fraction of sp³-hybridized carbons (Fsp3) is 0.750. The van der Waals surface area contributed by atoms with E-state index in [1.165, 1.54) is 43.8 Å².